The molecule has 1 saturated heterocycles. The van der Waals surface area contributed by atoms with Gasteiger partial charge in [0.2, 0.25) is 11.8 Å². The fourth-order valence-corrected chi connectivity index (χ4v) is 3.48. The van der Waals surface area contributed by atoms with Gasteiger partial charge in [-0.25, -0.2) is 0 Å². The maximum atomic E-state index is 12.2. The molecule has 1 aliphatic rings. The Hall–Kier alpha value is -1.79. The second kappa shape index (κ2) is 6.54. The summed E-state index contributed by atoms with van der Waals surface area (Å²) in [4.78, 5) is 26.8. The number of halogens is 1. The lowest BCUT2D eigenvalue weighted by Crippen LogP contribution is -2.32. The van der Waals surface area contributed by atoms with Gasteiger partial charge >= 0.3 is 0 Å². The van der Waals surface area contributed by atoms with Gasteiger partial charge in [0.25, 0.3) is 0 Å². The predicted octanol–water partition coefficient (Wildman–Crippen LogP) is 2.66. The van der Waals surface area contributed by atoms with Gasteiger partial charge in [-0.2, -0.15) is 0 Å². The molecule has 3 heterocycles. The Balaban J connectivity index is 1.52. The van der Waals surface area contributed by atoms with Crippen molar-refractivity contribution in [3.8, 4) is 0 Å². The number of likely N-dealkylation sites (tertiary alicyclic amines) is 1. The van der Waals surface area contributed by atoms with Crippen molar-refractivity contribution in [3.63, 3.8) is 0 Å². The average Bonchev–Trinajstić information content (AvgIpc) is 3.20. The Morgan fingerprint density at radius 3 is 3.00 bits per heavy atom. The standard InChI is InChI=1S/C15H15ClN2O3S/c16-13-4-3-12(22-13)7-17-15(20)10-6-14(19)18(8-10)9-11-2-1-5-21-11/h1-5,10H,6-9H2,(H,17,20)/t10-/m0/s1. The molecule has 0 spiro atoms. The first-order valence-corrected chi connectivity index (χ1v) is 8.13. The summed E-state index contributed by atoms with van der Waals surface area (Å²) in [7, 11) is 0. The van der Waals surface area contributed by atoms with Gasteiger partial charge in [0.05, 0.1) is 29.6 Å². The third-order valence-electron chi connectivity index (χ3n) is 3.58. The molecule has 0 saturated carbocycles. The van der Waals surface area contributed by atoms with Crippen molar-refractivity contribution in [3.05, 3.63) is 45.5 Å². The highest BCUT2D eigenvalue weighted by molar-refractivity contribution is 7.16. The zero-order chi connectivity index (χ0) is 15.5. The van der Waals surface area contributed by atoms with Gasteiger partial charge in [0, 0.05) is 17.8 Å². The molecular formula is C15H15ClN2O3S. The lowest BCUT2D eigenvalue weighted by atomic mass is 10.1. The summed E-state index contributed by atoms with van der Waals surface area (Å²) in [5, 5.41) is 2.86. The molecule has 0 radical (unpaired) electrons. The van der Waals surface area contributed by atoms with Gasteiger partial charge in [-0.3, -0.25) is 9.59 Å². The van der Waals surface area contributed by atoms with E-state index in [-0.39, 0.29) is 24.2 Å². The van der Waals surface area contributed by atoms with Crippen molar-refractivity contribution in [1.82, 2.24) is 10.2 Å². The SMILES string of the molecule is O=C(NCc1ccc(Cl)s1)[C@H]1CC(=O)N(Cc2ccco2)C1. The molecule has 5 nitrogen and oxygen atoms in total. The van der Waals surface area contributed by atoms with E-state index in [1.54, 1.807) is 23.3 Å². The van der Waals surface area contributed by atoms with Gasteiger partial charge in [-0.1, -0.05) is 11.6 Å². The number of amides is 2. The van der Waals surface area contributed by atoms with Crippen LogP contribution in [-0.2, 0) is 22.7 Å². The highest BCUT2D eigenvalue weighted by Gasteiger charge is 2.34. The summed E-state index contributed by atoms with van der Waals surface area (Å²) in [5.41, 5.74) is 0. The molecule has 3 rings (SSSR count). The van der Waals surface area contributed by atoms with E-state index in [1.165, 1.54) is 11.3 Å². The number of nitrogens with zero attached hydrogens (tertiary/aromatic N) is 1. The molecular weight excluding hydrogens is 324 g/mol. The first-order valence-electron chi connectivity index (χ1n) is 6.94. The third kappa shape index (κ3) is 3.51. The third-order valence-corrected chi connectivity index (χ3v) is 4.81. The van der Waals surface area contributed by atoms with E-state index in [1.807, 2.05) is 12.1 Å². The maximum Gasteiger partial charge on any atom is 0.225 e. The molecule has 1 fully saturated rings. The lowest BCUT2D eigenvalue weighted by molar-refractivity contribution is -0.129. The monoisotopic (exact) mass is 338 g/mol. The first kappa shape index (κ1) is 15.1. The molecule has 0 bridgehead atoms. The topological polar surface area (TPSA) is 62.6 Å². The van der Waals surface area contributed by atoms with Crippen LogP contribution < -0.4 is 5.32 Å². The van der Waals surface area contributed by atoms with E-state index in [0.29, 0.717) is 24.0 Å². The Morgan fingerprint density at radius 2 is 2.32 bits per heavy atom. The number of carbonyl (C=O) groups excluding carboxylic acids is 2. The van der Waals surface area contributed by atoms with Crippen molar-refractivity contribution in [1.29, 1.82) is 0 Å². The largest absolute Gasteiger partial charge is 0.467 e. The highest BCUT2D eigenvalue weighted by atomic mass is 35.5. The number of carbonyl (C=O) groups is 2. The molecule has 7 heteroatoms. The lowest BCUT2D eigenvalue weighted by Gasteiger charge is -2.14. The number of nitrogens with one attached hydrogen (secondary N) is 1. The van der Waals surface area contributed by atoms with Crippen LogP contribution in [0.5, 0.6) is 0 Å². The molecule has 0 unspecified atom stereocenters. The molecule has 1 N–H and O–H groups in total. The Bertz CT molecular complexity index is 668. The second-order valence-electron chi connectivity index (χ2n) is 5.18. The fraction of sp³-hybridized carbons (Fsp3) is 0.333. The van der Waals surface area contributed by atoms with Crippen molar-refractivity contribution < 1.29 is 14.0 Å². The molecule has 22 heavy (non-hydrogen) atoms. The molecule has 1 atom stereocenters. The van der Waals surface area contributed by atoms with Crippen molar-refractivity contribution in [2.45, 2.75) is 19.5 Å². The van der Waals surface area contributed by atoms with Crippen molar-refractivity contribution in [2.75, 3.05) is 6.54 Å². The predicted molar refractivity (Wildman–Crippen MR) is 83.4 cm³/mol. The fourth-order valence-electron chi connectivity index (χ4n) is 2.46. The van der Waals surface area contributed by atoms with E-state index in [2.05, 4.69) is 5.32 Å². The van der Waals surface area contributed by atoms with Gasteiger partial charge in [0.1, 0.15) is 5.76 Å². The minimum absolute atomic E-state index is 0.0179. The van der Waals surface area contributed by atoms with Gasteiger partial charge in [-0.05, 0) is 24.3 Å². The molecule has 2 aromatic rings. The van der Waals surface area contributed by atoms with Gasteiger partial charge in [-0.15, -0.1) is 11.3 Å². The molecule has 2 amide bonds. The van der Waals surface area contributed by atoms with E-state index in [4.69, 9.17) is 16.0 Å². The van der Waals surface area contributed by atoms with Gasteiger partial charge < -0.3 is 14.6 Å². The van der Waals surface area contributed by atoms with Crippen LogP contribution >= 0.6 is 22.9 Å². The zero-order valence-corrected chi connectivity index (χ0v) is 13.3. The van der Waals surface area contributed by atoms with Crippen LogP contribution in [0.3, 0.4) is 0 Å². The van der Waals surface area contributed by atoms with Crippen LogP contribution in [-0.4, -0.2) is 23.3 Å². The highest BCUT2D eigenvalue weighted by Crippen LogP contribution is 2.23. The van der Waals surface area contributed by atoms with Crippen LogP contribution in [0, 0.1) is 5.92 Å². The first-order chi connectivity index (χ1) is 10.6. The Labute approximate surface area is 136 Å². The summed E-state index contributed by atoms with van der Waals surface area (Å²) in [6.07, 6.45) is 1.82. The number of hydrogen-bond acceptors (Lipinski definition) is 4. The second-order valence-corrected chi connectivity index (χ2v) is 6.98. The molecule has 116 valence electrons. The quantitative estimate of drug-likeness (QED) is 0.911. The van der Waals surface area contributed by atoms with E-state index >= 15 is 0 Å². The summed E-state index contributed by atoms with van der Waals surface area (Å²) in [6, 6.07) is 7.29. The molecule has 0 aliphatic carbocycles. The molecule has 0 aromatic carbocycles. The summed E-state index contributed by atoms with van der Waals surface area (Å²) in [5.74, 6) is 0.302. The van der Waals surface area contributed by atoms with Crippen molar-refractivity contribution >= 4 is 34.8 Å². The Kier molecular flexibility index (Phi) is 4.49. The minimum atomic E-state index is -0.308. The van der Waals surface area contributed by atoms with Crippen LogP contribution in [0.25, 0.3) is 0 Å². The smallest absolute Gasteiger partial charge is 0.225 e. The van der Waals surface area contributed by atoms with E-state index in [9.17, 15) is 9.59 Å². The summed E-state index contributed by atoms with van der Waals surface area (Å²) in [6.45, 7) is 1.28. The zero-order valence-electron chi connectivity index (χ0n) is 11.8. The van der Waals surface area contributed by atoms with Gasteiger partial charge in [0.15, 0.2) is 0 Å². The minimum Gasteiger partial charge on any atom is -0.467 e. The van der Waals surface area contributed by atoms with Crippen LogP contribution in [0.2, 0.25) is 4.34 Å². The molecule has 2 aromatic heterocycles. The number of thiophene rings is 1. The number of rotatable bonds is 5. The number of furan rings is 1. The van der Waals surface area contributed by atoms with Crippen LogP contribution in [0.15, 0.2) is 34.9 Å². The van der Waals surface area contributed by atoms with E-state index < -0.39 is 0 Å². The summed E-state index contributed by atoms with van der Waals surface area (Å²) < 4.78 is 5.94. The van der Waals surface area contributed by atoms with Crippen LogP contribution in [0.1, 0.15) is 17.1 Å². The Morgan fingerprint density at radius 1 is 1.45 bits per heavy atom. The normalized spacial score (nSPS) is 18.0. The summed E-state index contributed by atoms with van der Waals surface area (Å²) >= 11 is 7.29. The maximum absolute atomic E-state index is 12.2. The number of hydrogen-bond donors (Lipinski definition) is 1. The van der Waals surface area contributed by atoms with Crippen LogP contribution in [0.4, 0.5) is 0 Å². The average molecular weight is 339 g/mol. The van der Waals surface area contributed by atoms with E-state index in [0.717, 1.165) is 10.6 Å². The van der Waals surface area contributed by atoms with Crippen molar-refractivity contribution in [2.24, 2.45) is 5.92 Å². The molecule has 1 aliphatic heterocycles.